The first-order valence-corrected chi connectivity index (χ1v) is 9.73. The molecule has 7 nitrogen and oxygen atoms in total. The Morgan fingerprint density at radius 3 is 2.37 bits per heavy atom. The Hall–Kier alpha value is -3.74. The first kappa shape index (κ1) is 19.6. The minimum atomic E-state index is -0.235. The van der Waals surface area contributed by atoms with Crippen molar-refractivity contribution in [3.63, 3.8) is 0 Å². The number of aryl methyl sites for hydroxylation is 1. The van der Waals surface area contributed by atoms with Gasteiger partial charge in [-0.1, -0.05) is 35.0 Å². The van der Waals surface area contributed by atoms with Crippen LogP contribution in [0.3, 0.4) is 0 Å². The zero-order valence-corrected chi connectivity index (χ0v) is 17.1. The van der Waals surface area contributed by atoms with E-state index in [1.807, 2.05) is 69.3 Å². The first-order chi connectivity index (χ1) is 14.5. The van der Waals surface area contributed by atoms with E-state index in [9.17, 15) is 4.79 Å². The van der Waals surface area contributed by atoms with Crippen molar-refractivity contribution >= 4 is 0 Å². The van der Waals surface area contributed by atoms with Crippen molar-refractivity contribution in [3.8, 4) is 28.4 Å². The number of benzene rings is 2. The van der Waals surface area contributed by atoms with Gasteiger partial charge in [0.2, 0.25) is 11.7 Å². The van der Waals surface area contributed by atoms with Crippen molar-refractivity contribution in [2.75, 3.05) is 0 Å². The lowest BCUT2D eigenvalue weighted by molar-refractivity contribution is 0.242. The van der Waals surface area contributed by atoms with Gasteiger partial charge in [-0.2, -0.15) is 10.1 Å². The van der Waals surface area contributed by atoms with Crippen molar-refractivity contribution in [2.45, 2.75) is 33.4 Å². The molecule has 2 aromatic heterocycles. The zero-order valence-electron chi connectivity index (χ0n) is 17.1. The minimum Gasteiger partial charge on any atom is -0.491 e. The van der Waals surface area contributed by atoms with E-state index in [-0.39, 0.29) is 18.2 Å². The lowest BCUT2D eigenvalue weighted by Gasteiger charge is -2.09. The van der Waals surface area contributed by atoms with Crippen molar-refractivity contribution < 1.29 is 9.26 Å². The SMILES string of the molecule is Cc1ccc(-c2ccc(=O)n(Cc3nc(-c4ccc(OC(C)C)cc4)no3)n2)cc1. The van der Waals surface area contributed by atoms with Crippen LogP contribution in [0.25, 0.3) is 22.6 Å². The summed E-state index contributed by atoms with van der Waals surface area (Å²) in [5.74, 6) is 1.54. The first-order valence-electron chi connectivity index (χ1n) is 9.73. The van der Waals surface area contributed by atoms with E-state index in [1.165, 1.54) is 10.7 Å². The number of nitrogens with zero attached hydrogens (tertiary/aromatic N) is 4. The smallest absolute Gasteiger partial charge is 0.267 e. The average molecular weight is 402 g/mol. The molecule has 0 amide bonds. The second kappa shape index (κ2) is 8.32. The van der Waals surface area contributed by atoms with E-state index in [0.29, 0.717) is 17.4 Å². The van der Waals surface area contributed by atoms with Gasteiger partial charge in [-0.3, -0.25) is 4.79 Å². The van der Waals surface area contributed by atoms with Gasteiger partial charge < -0.3 is 9.26 Å². The molecule has 0 bridgehead atoms. The van der Waals surface area contributed by atoms with E-state index in [2.05, 4.69) is 15.2 Å². The van der Waals surface area contributed by atoms with Crippen molar-refractivity contribution in [1.29, 1.82) is 0 Å². The van der Waals surface area contributed by atoms with Gasteiger partial charge in [0.05, 0.1) is 11.8 Å². The van der Waals surface area contributed by atoms with E-state index in [1.54, 1.807) is 6.07 Å². The van der Waals surface area contributed by atoms with Gasteiger partial charge in [0.1, 0.15) is 12.3 Å². The fourth-order valence-corrected chi connectivity index (χ4v) is 2.96. The third-order valence-electron chi connectivity index (χ3n) is 4.45. The number of ether oxygens (including phenoxy) is 1. The summed E-state index contributed by atoms with van der Waals surface area (Å²) in [6, 6.07) is 18.6. The Morgan fingerprint density at radius 2 is 1.67 bits per heavy atom. The molecule has 30 heavy (non-hydrogen) atoms. The molecule has 2 aromatic carbocycles. The molecule has 0 saturated carbocycles. The van der Waals surface area contributed by atoms with Crippen molar-refractivity contribution in [2.24, 2.45) is 0 Å². The van der Waals surface area contributed by atoms with Gasteiger partial charge in [0, 0.05) is 17.2 Å². The minimum absolute atomic E-state index is 0.0973. The van der Waals surface area contributed by atoms with E-state index >= 15 is 0 Å². The van der Waals surface area contributed by atoms with E-state index < -0.39 is 0 Å². The Kier molecular flexibility index (Phi) is 5.43. The number of hydrogen-bond donors (Lipinski definition) is 0. The van der Waals surface area contributed by atoms with Crippen LogP contribution in [0.2, 0.25) is 0 Å². The maximum atomic E-state index is 12.3. The van der Waals surface area contributed by atoms with Crippen LogP contribution >= 0.6 is 0 Å². The number of hydrogen-bond acceptors (Lipinski definition) is 6. The summed E-state index contributed by atoms with van der Waals surface area (Å²) in [7, 11) is 0. The molecular weight excluding hydrogens is 380 g/mol. The van der Waals surface area contributed by atoms with Crippen LogP contribution in [0.15, 0.2) is 70.0 Å². The molecule has 0 unspecified atom stereocenters. The maximum absolute atomic E-state index is 12.3. The molecular formula is C23H22N4O3. The van der Waals surface area contributed by atoms with Gasteiger partial charge in [-0.05, 0) is 51.1 Å². The highest BCUT2D eigenvalue weighted by molar-refractivity contribution is 5.58. The lowest BCUT2D eigenvalue weighted by Crippen LogP contribution is -2.23. The fraction of sp³-hybridized carbons (Fsp3) is 0.217. The van der Waals surface area contributed by atoms with Crippen LogP contribution in [0.4, 0.5) is 0 Å². The summed E-state index contributed by atoms with van der Waals surface area (Å²) < 4.78 is 12.3. The highest BCUT2D eigenvalue weighted by Crippen LogP contribution is 2.21. The fourth-order valence-electron chi connectivity index (χ4n) is 2.96. The van der Waals surface area contributed by atoms with Crippen LogP contribution < -0.4 is 10.3 Å². The third-order valence-corrected chi connectivity index (χ3v) is 4.45. The molecule has 7 heteroatoms. The van der Waals surface area contributed by atoms with Crippen LogP contribution in [-0.4, -0.2) is 26.0 Å². The highest BCUT2D eigenvalue weighted by Gasteiger charge is 2.12. The highest BCUT2D eigenvalue weighted by atomic mass is 16.5. The van der Waals surface area contributed by atoms with Gasteiger partial charge in [-0.25, -0.2) is 4.68 Å². The second-order valence-corrected chi connectivity index (χ2v) is 7.28. The maximum Gasteiger partial charge on any atom is 0.267 e. The average Bonchev–Trinajstić information content (AvgIpc) is 3.19. The molecule has 2 heterocycles. The predicted octanol–water partition coefficient (Wildman–Crippen LogP) is 4.10. The van der Waals surface area contributed by atoms with Crippen LogP contribution in [0, 0.1) is 6.92 Å². The molecule has 0 aliphatic carbocycles. The topological polar surface area (TPSA) is 83.0 Å². The van der Waals surface area contributed by atoms with E-state index in [4.69, 9.17) is 9.26 Å². The molecule has 0 spiro atoms. The third kappa shape index (κ3) is 4.46. The molecule has 0 aliphatic rings. The second-order valence-electron chi connectivity index (χ2n) is 7.28. The van der Waals surface area contributed by atoms with Gasteiger partial charge in [0.15, 0.2) is 0 Å². The number of rotatable bonds is 6. The van der Waals surface area contributed by atoms with Gasteiger partial charge >= 0.3 is 0 Å². The molecule has 0 saturated heterocycles. The normalized spacial score (nSPS) is 11.1. The monoisotopic (exact) mass is 402 g/mol. The molecule has 0 aliphatic heterocycles. The molecule has 0 radical (unpaired) electrons. The standard InChI is InChI=1S/C23H22N4O3/c1-15(2)29-19-10-8-18(9-11-19)23-24-21(30-26-23)14-27-22(28)13-12-20(25-27)17-6-4-16(3)5-7-17/h4-13,15H,14H2,1-3H3. The summed E-state index contributed by atoms with van der Waals surface area (Å²) >= 11 is 0. The lowest BCUT2D eigenvalue weighted by atomic mass is 10.1. The van der Waals surface area contributed by atoms with Gasteiger partial charge in [0.25, 0.3) is 5.56 Å². The molecule has 0 fully saturated rings. The zero-order chi connectivity index (χ0) is 21.1. The molecule has 0 N–H and O–H groups in total. The van der Waals surface area contributed by atoms with Crippen LogP contribution in [-0.2, 0) is 6.54 Å². The molecule has 0 atom stereocenters. The summed E-state index contributed by atoms with van der Waals surface area (Å²) in [4.78, 5) is 16.7. The summed E-state index contributed by atoms with van der Waals surface area (Å²) in [5, 5.41) is 8.47. The Balaban J connectivity index is 1.54. The largest absolute Gasteiger partial charge is 0.491 e. The Bertz CT molecular complexity index is 1190. The van der Waals surface area contributed by atoms with Crippen LogP contribution in [0.5, 0.6) is 5.75 Å². The number of aromatic nitrogens is 4. The molecule has 4 aromatic rings. The Morgan fingerprint density at radius 1 is 0.967 bits per heavy atom. The molecule has 4 rings (SSSR count). The summed E-state index contributed by atoms with van der Waals surface area (Å²) in [6.45, 7) is 6.07. The predicted molar refractivity (Wildman–Crippen MR) is 113 cm³/mol. The quantitative estimate of drug-likeness (QED) is 0.483. The van der Waals surface area contributed by atoms with Crippen LogP contribution in [0.1, 0.15) is 25.3 Å². The van der Waals surface area contributed by atoms with Crippen molar-refractivity contribution in [1.82, 2.24) is 19.9 Å². The van der Waals surface area contributed by atoms with Crippen molar-refractivity contribution in [3.05, 3.63) is 82.5 Å². The van der Waals surface area contributed by atoms with E-state index in [0.717, 1.165) is 22.4 Å². The Labute approximate surface area is 174 Å². The summed E-state index contributed by atoms with van der Waals surface area (Å²) in [6.07, 6.45) is 0.106. The van der Waals surface area contributed by atoms with Gasteiger partial charge in [-0.15, -0.1) is 0 Å². The molecule has 152 valence electrons. The summed E-state index contributed by atoms with van der Waals surface area (Å²) in [5.41, 5.74) is 3.37.